The molecule has 1 aliphatic rings. The molecule has 1 heterocycles. The Morgan fingerprint density at radius 2 is 2.07 bits per heavy atom. The first-order chi connectivity index (χ1) is 6.44. The van der Waals surface area contributed by atoms with Crippen LogP contribution >= 0.6 is 34.8 Å². The zero-order chi connectivity index (χ0) is 10.8. The third kappa shape index (κ3) is 3.74. The van der Waals surface area contributed by atoms with E-state index in [1.807, 2.05) is 0 Å². The van der Waals surface area contributed by atoms with E-state index >= 15 is 0 Å². The largest absolute Gasteiger partial charge is 0.374 e. The maximum atomic E-state index is 11.1. The van der Waals surface area contributed by atoms with Gasteiger partial charge in [0, 0.05) is 5.88 Å². The normalized spacial score (nSPS) is 33.1. The third-order valence-electron chi connectivity index (χ3n) is 1.89. The Labute approximate surface area is 98.6 Å². The van der Waals surface area contributed by atoms with E-state index in [1.165, 1.54) is 0 Å². The van der Waals surface area contributed by atoms with Crippen LogP contribution in [0, 0.1) is 0 Å². The summed E-state index contributed by atoms with van der Waals surface area (Å²) in [5.41, 5.74) is 0. The van der Waals surface area contributed by atoms with Gasteiger partial charge in [0.2, 0.25) is 0 Å². The van der Waals surface area contributed by atoms with Crippen LogP contribution in [0.1, 0.15) is 0 Å². The van der Waals surface area contributed by atoms with Gasteiger partial charge in [-0.05, 0) is 0 Å². The lowest BCUT2D eigenvalue weighted by atomic mass is 10.3. The second-order valence-electron chi connectivity index (χ2n) is 3.22. The maximum absolute atomic E-state index is 11.1. The summed E-state index contributed by atoms with van der Waals surface area (Å²) in [6.45, 7) is 0.231. The number of rotatable bonds is 4. The molecule has 0 aromatic rings. The standard InChI is InChI=1S/C7H11Cl3O3S/c8-1-5(9)2-13-7-4-14(11,12)3-6(7)10/h5-7H,1-4H2/t5-,6-,7-/m1/s1. The summed E-state index contributed by atoms with van der Waals surface area (Å²) in [5, 5.41) is -0.775. The maximum Gasteiger partial charge on any atom is 0.154 e. The van der Waals surface area contributed by atoms with E-state index in [-0.39, 0.29) is 29.4 Å². The van der Waals surface area contributed by atoms with Crippen LogP contribution in [0.15, 0.2) is 0 Å². The smallest absolute Gasteiger partial charge is 0.154 e. The van der Waals surface area contributed by atoms with E-state index in [1.54, 1.807) is 0 Å². The Kier molecular flexibility index (Phi) is 4.78. The van der Waals surface area contributed by atoms with Crippen molar-refractivity contribution in [3.05, 3.63) is 0 Å². The Balaban J connectivity index is 2.40. The predicted molar refractivity (Wildman–Crippen MR) is 58.4 cm³/mol. The number of halogens is 3. The van der Waals surface area contributed by atoms with Crippen LogP contribution in [0.3, 0.4) is 0 Å². The van der Waals surface area contributed by atoms with Crippen molar-refractivity contribution in [2.75, 3.05) is 24.0 Å². The van der Waals surface area contributed by atoms with Crippen molar-refractivity contribution < 1.29 is 13.2 Å². The summed E-state index contributed by atoms with van der Waals surface area (Å²) >= 11 is 17.0. The lowest BCUT2D eigenvalue weighted by Crippen LogP contribution is -2.26. The van der Waals surface area contributed by atoms with Crippen LogP contribution in [-0.2, 0) is 14.6 Å². The molecular weight excluding hydrogens is 270 g/mol. The molecule has 1 aliphatic heterocycles. The molecule has 0 bridgehead atoms. The van der Waals surface area contributed by atoms with E-state index in [9.17, 15) is 8.42 Å². The fourth-order valence-electron chi connectivity index (χ4n) is 1.20. The van der Waals surface area contributed by atoms with Crippen molar-refractivity contribution >= 4 is 44.6 Å². The summed E-state index contributed by atoms with van der Waals surface area (Å²) in [5.74, 6) is 0.230. The SMILES string of the molecule is O=S1(=O)C[C@@H](Cl)[C@H](OC[C@H](Cl)CCl)C1. The second kappa shape index (κ2) is 5.21. The number of hydrogen-bond acceptors (Lipinski definition) is 3. The van der Waals surface area contributed by atoms with Gasteiger partial charge in [-0.15, -0.1) is 34.8 Å². The van der Waals surface area contributed by atoms with Crippen molar-refractivity contribution in [3.8, 4) is 0 Å². The minimum atomic E-state index is -3.03. The van der Waals surface area contributed by atoms with Crippen LogP contribution in [0.25, 0.3) is 0 Å². The molecule has 84 valence electrons. The molecule has 7 heteroatoms. The second-order valence-corrected chi connectivity index (χ2v) is 6.86. The van der Waals surface area contributed by atoms with E-state index in [0.717, 1.165) is 0 Å². The van der Waals surface area contributed by atoms with Gasteiger partial charge in [0.1, 0.15) is 0 Å². The van der Waals surface area contributed by atoms with E-state index < -0.39 is 21.3 Å². The van der Waals surface area contributed by atoms with Crippen LogP contribution < -0.4 is 0 Å². The number of alkyl halides is 3. The van der Waals surface area contributed by atoms with Gasteiger partial charge in [-0.3, -0.25) is 0 Å². The summed E-state index contributed by atoms with van der Waals surface area (Å²) in [6.07, 6.45) is -0.453. The van der Waals surface area contributed by atoms with Gasteiger partial charge >= 0.3 is 0 Å². The van der Waals surface area contributed by atoms with Gasteiger partial charge in [0.25, 0.3) is 0 Å². The molecule has 3 nitrogen and oxygen atoms in total. The third-order valence-corrected chi connectivity index (χ3v) is 5.03. The van der Waals surface area contributed by atoms with E-state index in [0.29, 0.717) is 0 Å². The Bertz CT molecular complexity index is 280. The zero-order valence-electron chi connectivity index (χ0n) is 7.33. The van der Waals surface area contributed by atoms with Crippen molar-refractivity contribution in [3.63, 3.8) is 0 Å². The summed E-state index contributed by atoms with van der Waals surface area (Å²) < 4.78 is 27.6. The molecule has 0 aliphatic carbocycles. The molecule has 0 unspecified atom stereocenters. The fourth-order valence-corrected chi connectivity index (χ4v) is 3.87. The molecule has 3 atom stereocenters. The molecule has 0 radical (unpaired) electrons. The van der Waals surface area contributed by atoms with Crippen LogP contribution in [0.2, 0.25) is 0 Å². The average molecular weight is 282 g/mol. The van der Waals surface area contributed by atoms with Crippen molar-refractivity contribution in [2.24, 2.45) is 0 Å². The van der Waals surface area contributed by atoms with Crippen LogP contribution in [0.5, 0.6) is 0 Å². The summed E-state index contributed by atoms with van der Waals surface area (Å²) in [6, 6.07) is 0. The number of sulfone groups is 1. The van der Waals surface area contributed by atoms with E-state index in [2.05, 4.69) is 0 Å². The van der Waals surface area contributed by atoms with Gasteiger partial charge < -0.3 is 4.74 Å². The Morgan fingerprint density at radius 1 is 1.43 bits per heavy atom. The molecule has 1 fully saturated rings. The van der Waals surface area contributed by atoms with Gasteiger partial charge in [-0.1, -0.05) is 0 Å². The van der Waals surface area contributed by atoms with E-state index in [4.69, 9.17) is 39.5 Å². The zero-order valence-corrected chi connectivity index (χ0v) is 10.4. The first kappa shape index (κ1) is 12.8. The van der Waals surface area contributed by atoms with Gasteiger partial charge in [-0.25, -0.2) is 8.42 Å². The minimum absolute atomic E-state index is 0.0208. The molecule has 0 amide bonds. The number of ether oxygens (including phenoxy) is 1. The quantitative estimate of drug-likeness (QED) is 0.729. The van der Waals surface area contributed by atoms with Gasteiger partial charge in [0.05, 0.1) is 35.0 Å². The van der Waals surface area contributed by atoms with Crippen LogP contribution in [-0.4, -0.2) is 49.3 Å². The molecule has 0 N–H and O–H groups in total. The molecule has 14 heavy (non-hydrogen) atoms. The lowest BCUT2D eigenvalue weighted by molar-refractivity contribution is 0.0757. The first-order valence-corrected chi connectivity index (χ1v) is 7.33. The molecule has 0 saturated carbocycles. The Morgan fingerprint density at radius 3 is 2.50 bits per heavy atom. The van der Waals surface area contributed by atoms with Gasteiger partial charge in [-0.2, -0.15) is 0 Å². The molecule has 0 aromatic carbocycles. The minimum Gasteiger partial charge on any atom is -0.374 e. The fraction of sp³-hybridized carbons (Fsp3) is 1.00. The monoisotopic (exact) mass is 280 g/mol. The highest BCUT2D eigenvalue weighted by molar-refractivity contribution is 7.91. The summed E-state index contributed by atoms with van der Waals surface area (Å²) in [4.78, 5) is 0. The van der Waals surface area contributed by atoms with Crippen molar-refractivity contribution in [1.82, 2.24) is 0 Å². The number of hydrogen-bond donors (Lipinski definition) is 0. The van der Waals surface area contributed by atoms with Crippen LogP contribution in [0.4, 0.5) is 0 Å². The average Bonchev–Trinajstić information content (AvgIpc) is 2.35. The highest BCUT2D eigenvalue weighted by atomic mass is 35.5. The van der Waals surface area contributed by atoms with Crippen molar-refractivity contribution in [1.29, 1.82) is 0 Å². The first-order valence-electron chi connectivity index (χ1n) is 4.11. The Hall–Kier alpha value is 0.780. The molecule has 0 spiro atoms. The van der Waals surface area contributed by atoms with Gasteiger partial charge in [0.15, 0.2) is 9.84 Å². The molecule has 1 rings (SSSR count). The molecule has 1 saturated heterocycles. The lowest BCUT2D eigenvalue weighted by Gasteiger charge is -2.14. The summed E-state index contributed by atoms with van der Waals surface area (Å²) in [7, 11) is -3.03. The molecular formula is C7H11Cl3O3S. The highest BCUT2D eigenvalue weighted by Crippen LogP contribution is 2.21. The molecule has 0 aromatic heterocycles. The predicted octanol–water partition coefficient (Wildman–Crippen LogP) is 1.25. The van der Waals surface area contributed by atoms with Crippen molar-refractivity contribution in [2.45, 2.75) is 16.9 Å². The highest BCUT2D eigenvalue weighted by Gasteiger charge is 2.37. The topological polar surface area (TPSA) is 43.4 Å².